The molecule has 0 aromatic heterocycles. The van der Waals surface area contributed by atoms with Gasteiger partial charge in [-0.1, -0.05) is 13.0 Å². The normalized spacial score (nSPS) is 52.3. The molecule has 1 saturated carbocycles. The number of nitrogens with one attached hydrogen (secondary N) is 1. The third kappa shape index (κ3) is 0.715. The van der Waals surface area contributed by atoms with E-state index in [1.807, 2.05) is 0 Å². The maximum Gasteiger partial charge on any atom is 0.0343 e. The summed E-state index contributed by atoms with van der Waals surface area (Å²) in [4.78, 5) is 0. The van der Waals surface area contributed by atoms with Gasteiger partial charge in [-0.05, 0) is 31.1 Å². The molecule has 2 aliphatic carbocycles. The molecule has 11 heavy (non-hydrogen) atoms. The third-order valence-electron chi connectivity index (χ3n) is 3.58. The van der Waals surface area contributed by atoms with Gasteiger partial charge in [-0.25, -0.2) is 0 Å². The van der Waals surface area contributed by atoms with Crippen molar-refractivity contribution in [2.24, 2.45) is 17.8 Å². The van der Waals surface area contributed by atoms with Crippen LogP contribution in [0.3, 0.4) is 0 Å². The minimum atomic E-state index is 0.828. The van der Waals surface area contributed by atoms with Gasteiger partial charge in [0.2, 0.25) is 0 Å². The highest BCUT2D eigenvalue weighted by atomic mass is 15.0. The summed E-state index contributed by atoms with van der Waals surface area (Å²) in [6.45, 7) is 2.35. The molecule has 60 valence electrons. The predicted octanol–water partition coefficient (Wildman–Crippen LogP) is 1.91. The molecule has 1 heteroatoms. The van der Waals surface area contributed by atoms with E-state index in [-0.39, 0.29) is 0 Å². The van der Waals surface area contributed by atoms with Crippen LogP contribution < -0.4 is 5.32 Å². The van der Waals surface area contributed by atoms with Crippen molar-refractivity contribution >= 4 is 0 Å². The topological polar surface area (TPSA) is 12.0 Å². The van der Waals surface area contributed by atoms with E-state index in [1.54, 1.807) is 5.70 Å². The lowest BCUT2D eigenvalue weighted by Crippen LogP contribution is -2.47. The first-order valence-electron chi connectivity index (χ1n) is 4.81. The minimum absolute atomic E-state index is 0.828. The lowest BCUT2D eigenvalue weighted by atomic mass is 9.88. The van der Waals surface area contributed by atoms with Crippen molar-refractivity contribution < 1.29 is 0 Å². The summed E-state index contributed by atoms with van der Waals surface area (Å²) in [6, 6.07) is 0.874. The average molecular weight is 149 g/mol. The number of rotatable bonds is 0. The molecule has 0 radical (unpaired) electrons. The smallest absolute Gasteiger partial charge is 0.0343 e. The number of allylic oxidation sites excluding steroid dienone is 1. The molecule has 2 bridgehead atoms. The molecule has 3 rings (SSSR count). The number of fused-ring (bicyclic) bond motifs is 1. The first-order chi connectivity index (χ1) is 5.33. The number of hydrogen-bond donors (Lipinski definition) is 1. The molecule has 1 heterocycles. The van der Waals surface area contributed by atoms with Crippen molar-refractivity contribution in [3.8, 4) is 0 Å². The molecule has 4 unspecified atom stereocenters. The summed E-state index contributed by atoms with van der Waals surface area (Å²) in [6.07, 6.45) is 6.83. The number of hydrogen-bond acceptors (Lipinski definition) is 1. The molecule has 0 aromatic rings. The molecule has 0 amide bonds. The van der Waals surface area contributed by atoms with Crippen LogP contribution in [-0.2, 0) is 0 Å². The second-order valence-corrected chi connectivity index (χ2v) is 4.53. The van der Waals surface area contributed by atoms with E-state index in [1.165, 1.54) is 19.3 Å². The van der Waals surface area contributed by atoms with Crippen molar-refractivity contribution in [1.82, 2.24) is 5.32 Å². The summed E-state index contributed by atoms with van der Waals surface area (Å²) in [5.74, 6) is 2.81. The van der Waals surface area contributed by atoms with Crippen LogP contribution in [0.5, 0.6) is 0 Å². The second kappa shape index (κ2) is 1.82. The Bertz CT molecular complexity index is 219. The predicted molar refractivity (Wildman–Crippen MR) is 45.0 cm³/mol. The maximum absolute atomic E-state index is 3.56. The van der Waals surface area contributed by atoms with E-state index in [0.29, 0.717) is 0 Å². The van der Waals surface area contributed by atoms with Gasteiger partial charge in [0.05, 0.1) is 0 Å². The van der Waals surface area contributed by atoms with E-state index in [2.05, 4.69) is 18.3 Å². The lowest BCUT2D eigenvalue weighted by Gasteiger charge is -2.37. The SMILES string of the molecule is CC1C=C2NC3CC(C1)CC23. The average Bonchev–Trinajstić information content (AvgIpc) is 2.14. The highest BCUT2D eigenvalue weighted by Crippen LogP contribution is 2.47. The lowest BCUT2D eigenvalue weighted by molar-refractivity contribution is 0.343. The van der Waals surface area contributed by atoms with Gasteiger partial charge in [0.15, 0.2) is 0 Å². The zero-order valence-electron chi connectivity index (χ0n) is 7.01. The van der Waals surface area contributed by atoms with Crippen LogP contribution in [0.2, 0.25) is 0 Å². The van der Waals surface area contributed by atoms with Crippen molar-refractivity contribution in [3.05, 3.63) is 11.8 Å². The van der Waals surface area contributed by atoms with Gasteiger partial charge < -0.3 is 5.32 Å². The minimum Gasteiger partial charge on any atom is -0.385 e. The monoisotopic (exact) mass is 149 g/mol. The molecular weight excluding hydrogens is 134 g/mol. The Kier molecular flexibility index (Phi) is 1.01. The van der Waals surface area contributed by atoms with Crippen LogP contribution in [0, 0.1) is 17.8 Å². The first-order valence-corrected chi connectivity index (χ1v) is 4.81. The molecule has 1 aliphatic heterocycles. The van der Waals surface area contributed by atoms with E-state index in [4.69, 9.17) is 0 Å². The molecule has 1 saturated heterocycles. The van der Waals surface area contributed by atoms with Gasteiger partial charge in [-0.3, -0.25) is 0 Å². The summed E-state index contributed by atoms with van der Waals surface area (Å²) >= 11 is 0. The Morgan fingerprint density at radius 2 is 2.27 bits per heavy atom. The van der Waals surface area contributed by atoms with Crippen LogP contribution in [0.15, 0.2) is 11.8 Å². The van der Waals surface area contributed by atoms with Crippen LogP contribution in [-0.4, -0.2) is 6.04 Å². The third-order valence-corrected chi connectivity index (χ3v) is 3.58. The zero-order valence-corrected chi connectivity index (χ0v) is 7.01. The molecule has 1 nitrogen and oxygen atoms in total. The van der Waals surface area contributed by atoms with Gasteiger partial charge >= 0.3 is 0 Å². The van der Waals surface area contributed by atoms with Gasteiger partial charge in [0.25, 0.3) is 0 Å². The summed E-state index contributed by atoms with van der Waals surface area (Å²) < 4.78 is 0. The van der Waals surface area contributed by atoms with Crippen molar-refractivity contribution in [3.63, 3.8) is 0 Å². The summed E-state index contributed by atoms with van der Waals surface area (Å²) in [7, 11) is 0. The van der Waals surface area contributed by atoms with Crippen LogP contribution in [0.1, 0.15) is 26.2 Å². The molecule has 0 aromatic carbocycles. The Balaban J connectivity index is 1.97. The molecule has 2 fully saturated rings. The Morgan fingerprint density at radius 1 is 1.36 bits per heavy atom. The van der Waals surface area contributed by atoms with E-state index in [9.17, 15) is 0 Å². The van der Waals surface area contributed by atoms with E-state index >= 15 is 0 Å². The second-order valence-electron chi connectivity index (χ2n) is 4.53. The summed E-state index contributed by atoms with van der Waals surface area (Å²) in [5.41, 5.74) is 1.57. The van der Waals surface area contributed by atoms with Gasteiger partial charge in [0, 0.05) is 17.7 Å². The summed E-state index contributed by atoms with van der Waals surface area (Å²) in [5, 5.41) is 3.56. The van der Waals surface area contributed by atoms with Crippen molar-refractivity contribution in [1.29, 1.82) is 0 Å². The molecule has 0 spiro atoms. The highest BCUT2D eigenvalue weighted by Gasteiger charge is 2.45. The van der Waals surface area contributed by atoms with Crippen LogP contribution in [0.25, 0.3) is 0 Å². The molecule has 1 N–H and O–H groups in total. The maximum atomic E-state index is 3.56. The van der Waals surface area contributed by atoms with Crippen LogP contribution in [0.4, 0.5) is 0 Å². The fraction of sp³-hybridized carbons (Fsp3) is 0.800. The zero-order chi connectivity index (χ0) is 7.42. The van der Waals surface area contributed by atoms with E-state index in [0.717, 1.165) is 23.8 Å². The molecule has 4 atom stereocenters. The van der Waals surface area contributed by atoms with Gasteiger partial charge in [-0.2, -0.15) is 0 Å². The van der Waals surface area contributed by atoms with Gasteiger partial charge in [-0.15, -0.1) is 0 Å². The van der Waals surface area contributed by atoms with Crippen molar-refractivity contribution in [2.75, 3.05) is 0 Å². The Morgan fingerprint density at radius 3 is 3.18 bits per heavy atom. The van der Waals surface area contributed by atoms with Crippen LogP contribution >= 0.6 is 0 Å². The van der Waals surface area contributed by atoms with E-state index < -0.39 is 0 Å². The quantitative estimate of drug-likeness (QED) is 0.554. The molecular formula is C10H15N. The molecule has 3 aliphatic rings. The Hall–Kier alpha value is -0.460. The fourth-order valence-electron chi connectivity index (χ4n) is 3.14. The fourth-order valence-corrected chi connectivity index (χ4v) is 3.14. The standard InChI is InChI=1S/C10H15N/c1-6-2-7-4-8-9(3-6)11-10(8)5-7/h3,6-8,10-11H,2,4-5H2,1H3. The highest BCUT2D eigenvalue weighted by molar-refractivity contribution is 5.24. The first kappa shape index (κ1) is 6.10. The largest absolute Gasteiger partial charge is 0.385 e. The van der Waals surface area contributed by atoms with Gasteiger partial charge in [0.1, 0.15) is 0 Å². The Labute approximate surface area is 67.9 Å². The van der Waals surface area contributed by atoms with Crippen molar-refractivity contribution in [2.45, 2.75) is 32.2 Å².